The standard InChI is InChI=1S/C9H11ClN6O/c1-2-16-5-13-14-7(16)4-11-6-3-12-15-9(17)8(6)10/h3,5H,2,4H2,1H3,(H2,11,15,17). The molecule has 0 unspecified atom stereocenters. The molecule has 7 nitrogen and oxygen atoms in total. The molecule has 0 amide bonds. The number of nitrogens with zero attached hydrogens (tertiary/aromatic N) is 4. The predicted molar refractivity (Wildman–Crippen MR) is 62.9 cm³/mol. The fraction of sp³-hybridized carbons (Fsp3) is 0.333. The number of nitrogens with one attached hydrogen (secondary N) is 2. The van der Waals surface area contributed by atoms with Crippen LogP contribution in [0.4, 0.5) is 5.69 Å². The summed E-state index contributed by atoms with van der Waals surface area (Å²) in [6.07, 6.45) is 3.10. The number of anilines is 1. The molecule has 0 saturated carbocycles. The van der Waals surface area contributed by atoms with Crippen molar-refractivity contribution in [2.75, 3.05) is 5.32 Å². The van der Waals surface area contributed by atoms with Crippen molar-refractivity contribution in [3.8, 4) is 0 Å². The topological polar surface area (TPSA) is 88.5 Å². The van der Waals surface area contributed by atoms with Crippen molar-refractivity contribution in [2.24, 2.45) is 0 Å². The Morgan fingerprint density at radius 3 is 3.18 bits per heavy atom. The molecular weight excluding hydrogens is 244 g/mol. The molecule has 8 heteroatoms. The summed E-state index contributed by atoms with van der Waals surface area (Å²) in [5, 5.41) is 16.7. The first kappa shape index (κ1) is 11.6. The minimum Gasteiger partial charge on any atom is -0.375 e. The van der Waals surface area contributed by atoms with Gasteiger partial charge in [0.1, 0.15) is 11.3 Å². The molecule has 0 radical (unpaired) electrons. The van der Waals surface area contributed by atoms with Gasteiger partial charge in [-0.25, -0.2) is 5.10 Å². The largest absolute Gasteiger partial charge is 0.375 e. The second-order valence-corrected chi connectivity index (χ2v) is 3.69. The van der Waals surface area contributed by atoms with Gasteiger partial charge in [-0.1, -0.05) is 11.6 Å². The van der Waals surface area contributed by atoms with E-state index >= 15 is 0 Å². The molecule has 17 heavy (non-hydrogen) atoms. The van der Waals surface area contributed by atoms with Gasteiger partial charge in [0.15, 0.2) is 5.82 Å². The molecular formula is C9H11ClN6O. The third kappa shape index (κ3) is 2.44. The van der Waals surface area contributed by atoms with Gasteiger partial charge < -0.3 is 9.88 Å². The van der Waals surface area contributed by atoms with Crippen LogP contribution in [0.3, 0.4) is 0 Å². The van der Waals surface area contributed by atoms with E-state index in [9.17, 15) is 4.79 Å². The highest BCUT2D eigenvalue weighted by Gasteiger charge is 2.06. The number of hydrogen-bond donors (Lipinski definition) is 2. The van der Waals surface area contributed by atoms with Crippen LogP contribution in [0.2, 0.25) is 5.02 Å². The molecule has 2 aromatic rings. The van der Waals surface area contributed by atoms with E-state index in [0.717, 1.165) is 12.4 Å². The Morgan fingerprint density at radius 1 is 1.59 bits per heavy atom. The normalized spacial score (nSPS) is 10.5. The van der Waals surface area contributed by atoms with Crippen LogP contribution < -0.4 is 10.9 Å². The molecule has 0 saturated heterocycles. The second-order valence-electron chi connectivity index (χ2n) is 3.31. The lowest BCUT2D eigenvalue weighted by Crippen LogP contribution is -2.13. The Morgan fingerprint density at radius 2 is 2.41 bits per heavy atom. The van der Waals surface area contributed by atoms with Gasteiger partial charge >= 0.3 is 0 Å². The van der Waals surface area contributed by atoms with Crippen molar-refractivity contribution < 1.29 is 0 Å². The monoisotopic (exact) mass is 254 g/mol. The van der Waals surface area contributed by atoms with Gasteiger partial charge in [-0.15, -0.1) is 10.2 Å². The predicted octanol–water partition coefficient (Wildman–Crippen LogP) is 0.647. The van der Waals surface area contributed by atoms with E-state index in [1.165, 1.54) is 6.20 Å². The average Bonchev–Trinajstić information content (AvgIpc) is 2.78. The summed E-state index contributed by atoms with van der Waals surface area (Å²) in [6.45, 7) is 3.21. The fourth-order valence-electron chi connectivity index (χ4n) is 1.36. The number of H-pyrrole nitrogens is 1. The number of halogens is 1. The molecule has 2 N–H and O–H groups in total. The summed E-state index contributed by atoms with van der Waals surface area (Å²) in [7, 11) is 0. The number of aromatic amines is 1. The van der Waals surface area contributed by atoms with Gasteiger partial charge in [0, 0.05) is 6.54 Å². The first-order valence-electron chi connectivity index (χ1n) is 5.06. The molecule has 0 aromatic carbocycles. The van der Waals surface area contributed by atoms with Crippen molar-refractivity contribution in [2.45, 2.75) is 20.0 Å². The maximum absolute atomic E-state index is 11.2. The van der Waals surface area contributed by atoms with Crippen LogP contribution in [-0.4, -0.2) is 25.0 Å². The minimum absolute atomic E-state index is 0.0857. The molecule has 90 valence electrons. The lowest BCUT2D eigenvalue weighted by atomic mass is 10.4. The van der Waals surface area contributed by atoms with Crippen molar-refractivity contribution in [1.29, 1.82) is 0 Å². The lowest BCUT2D eigenvalue weighted by Gasteiger charge is -2.07. The number of hydrogen-bond acceptors (Lipinski definition) is 5. The first-order valence-corrected chi connectivity index (χ1v) is 5.44. The summed E-state index contributed by atoms with van der Waals surface area (Å²) in [6, 6.07) is 0. The Hall–Kier alpha value is -1.89. The first-order chi connectivity index (χ1) is 8.22. The minimum atomic E-state index is -0.423. The molecule has 2 rings (SSSR count). The van der Waals surface area contributed by atoms with Gasteiger partial charge in [-0.3, -0.25) is 4.79 Å². The zero-order valence-corrected chi connectivity index (χ0v) is 9.90. The van der Waals surface area contributed by atoms with E-state index < -0.39 is 5.56 Å². The van der Waals surface area contributed by atoms with Gasteiger partial charge in [0.05, 0.1) is 18.4 Å². The van der Waals surface area contributed by atoms with E-state index in [2.05, 4.69) is 25.7 Å². The van der Waals surface area contributed by atoms with Gasteiger partial charge in [0.25, 0.3) is 5.56 Å². The van der Waals surface area contributed by atoms with Crippen LogP contribution in [0.25, 0.3) is 0 Å². The summed E-state index contributed by atoms with van der Waals surface area (Å²) in [5.74, 6) is 0.767. The Bertz CT molecular complexity index is 563. The zero-order valence-electron chi connectivity index (χ0n) is 9.14. The molecule has 0 bridgehead atoms. The SMILES string of the molecule is CCn1cnnc1CNc1cn[nH]c(=O)c1Cl. The van der Waals surface area contributed by atoms with Crippen LogP contribution >= 0.6 is 11.6 Å². The molecule has 0 aliphatic carbocycles. The van der Waals surface area contributed by atoms with Gasteiger partial charge in [0.2, 0.25) is 0 Å². The summed E-state index contributed by atoms with van der Waals surface area (Å²) >= 11 is 5.82. The molecule has 0 atom stereocenters. The maximum Gasteiger partial charge on any atom is 0.285 e. The van der Waals surface area contributed by atoms with Crippen LogP contribution in [-0.2, 0) is 13.1 Å². The Kier molecular flexibility index (Phi) is 3.38. The van der Waals surface area contributed by atoms with E-state index in [1.807, 2.05) is 11.5 Å². The molecule has 2 aromatic heterocycles. The smallest absolute Gasteiger partial charge is 0.285 e. The third-order valence-corrected chi connectivity index (χ3v) is 2.64. The third-order valence-electron chi connectivity index (χ3n) is 2.27. The Balaban J connectivity index is 2.13. The van der Waals surface area contributed by atoms with Crippen molar-refractivity contribution in [3.63, 3.8) is 0 Å². The van der Waals surface area contributed by atoms with Gasteiger partial charge in [-0.05, 0) is 6.92 Å². The second kappa shape index (κ2) is 4.96. The molecule has 0 fully saturated rings. The lowest BCUT2D eigenvalue weighted by molar-refractivity contribution is 0.707. The van der Waals surface area contributed by atoms with Gasteiger partial charge in [-0.2, -0.15) is 5.10 Å². The van der Waals surface area contributed by atoms with Crippen molar-refractivity contribution in [3.05, 3.63) is 33.7 Å². The quantitative estimate of drug-likeness (QED) is 0.836. The zero-order chi connectivity index (χ0) is 12.3. The van der Waals surface area contributed by atoms with Crippen LogP contribution in [0.1, 0.15) is 12.7 Å². The van der Waals surface area contributed by atoms with Crippen molar-refractivity contribution in [1.82, 2.24) is 25.0 Å². The average molecular weight is 255 g/mol. The highest BCUT2D eigenvalue weighted by Crippen LogP contribution is 2.14. The van der Waals surface area contributed by atoms with Crippen LogP contribution in [0.5, 0.6) is 0 Å². The number of aromatic nitrogens is 5. The maximum atomic E-state index is 11.2. The van der Waals surface area contributed by atoms with Crippen molar-refractivity contribution >= 4 is 17.3 Å². The highest BCUT2D eigenvalue weighted by molar-refractivity contribution is 6.32. The molecule has 0 aliphatic rings. The van der Waals surface area contributed by atoms with Crippen LogP contribution in [0, 0.1) is 0 Å². The fourth-order valence-corrected chi connectivity index (χ4v) is 1.52. The van der Waals surface area contributed by atoms with E-state index in [-0.39, 0.29) is 5.02 Å². The summed E-state index contributed by atoms with van der Waals surface area (Å²) in [4.78, 5) is 11.2. The number of aryl methyl sites for hydroxylation is 1. The van der Waals surface area contributed by atoms with E-state index in [0.29, 0.717) is 12.2 Å². The van der Waals surface area contributed by atoms with E-state index in [1.54, 1.807) is 6.33 Å². The molecule has 0 spiro atoms. The Labute approximate surface area is 102 Å². The molecule has 2 heterocycles. The highest BCUT2D eigenvalue weighted by atomic mass is 35.5. The summed E-state index contributed by atoms with van der Waals surface area (Å²) < 4.78 is 1.89. The summed E-state index contributed by atoms with van der Waals surface area (Å²) in [5.41, 5.74) is 0.0506. The van der Waals surface area contributed by atoms with Crippen LogP contribution in [0.15, 0.2) is 17.3 Å². The molecule has 0 aliphatic heterocycles. The van der Waals surface area contributed by atoms with E-state index in [4.69, 9.17) is 11.6 Å². The number of rotatable bonds is 4.